The molecule has 1 saturated heterocycles. The number of carbonyl (C=O) groups is 1. The van der Waals surface area contributed by atoms with Gasteiger partial charge in [0.05, 0.1) is 0 Å². The maximum atomic E-state index is 12.0. The molecule has 1 amide bonds. The Morgan fingerprint density at radius 2 is 2.18 bits per heavy atom. The fourth-order valence-corrected chi connectivity index (χ4v) is 3.32. The van der Waals surface area contributed by atoms with Gasteiger partial charge in [0.15, 0.2) is 0 Å². The van der Waals surface area contributed by atoms with Crippen molar-refractivity contribution in [1.29, 1.82) is 0 Å². The van der Waals surface area contributed by atoms with E-state index in [4.69, 9.17) is 0 Å². The largest absolute Gasteiger partial charge is 0.333 e. The Morgan fingerprint density at radius 1 is 1.35 bits per heavy atom. The summed E-state index contributed by atoms with van der Waals surface area (Å²) in [6.07, 6.45) is 11.7. The van der Waals surface area contributed by atoms with Gasteiger partial charge in [-0.15, -0.1) is 0 Å². The third kappa shape index (κ3) is 2.72. The van der Waals surface area contributed by atoms with Gasteiger partial charge in [0.2, 0.25) is 5.91 Å². The highest BCUT2D eigenvalue weighted by Crippen LogP contribution is 2.39. The summed E-state index contributed by atoms with van der Waals surface area (Å²) in [5.74, 6) is 0.266. The van der Waals surface area contributed by atoms with Crippen LogP contribution in [-0.2, 0) is 4.79 Å². The molecule has 1 atom stereocenters. The van der Waals surface area contributed by atoms with E-state index in [1.807, 2.05) is 6.08 Å². The summed E-state index contributed by atoms with van der Waals surface area (Å²) >= 11 is 0. The molecule has 17 heavy (non-hydrogen) atoms. The molecule has 0 spiro atoms. The number of hydrogen-bond donors (Lipinski definition) is 0. The number of amides is 1. The van der Waals surface area contributed by atoms with Crippen LogP contribution in [0.2, 0.25) is 0 Å². The van der Waals surface area contributed by atoms with E-state index in [1.165, 1.54) is 44.1 Å². The van der Waals surface area contributed by atoms with Gasteiger partial charge in [-0.2, -0.15) is 0 Å². The van der Waals surface area contributed by atoms with Gasteiger partial charge in [0.1, 0.15) is 0 Å². The van der Waals surface area contributed by atoms with Crippen LogP contribution >= 0.6 is 0 Å². The summed E-state index contributed by atoms with van der Waals surface area (Å²) in [5, 5.41) is 0. The van der Waals surface area contributed by atoms with Gasteiger partial charge >= 0.3 is 0 Å². The van der Waals surface area contributed by atoms with Crippen LogP contribution < -0.4 is 0 Å². The molecule has 2 aliphatic rings. The van der Waals surface area contributed by atoms with Crippen molar-refractivity contribution < 1.29 is 4.79 Å². The maximum Gasteiger partial charge on any atom is 0.246 e. The first-order chi connectivity index (χ1) is 8.15. The molecule has 0 N–H and O–H groups in total. The van der Waals surface area contributed by atoms with E-state index in [1.54, 1.807) is 0 Å². The van der Waals surface area contributed by atoms with Crippen molar-refractivity contribution in [3.05, 3.63) is 11.6 Å². The molecule has 0 aromatic heterocycles. The second kappa shape index (κ2) is 5.24. The highest BCUT2D eigenvalue weighted by molar-refractivity contribution is 5.90. The van der Waals surface area contributed by atoms with E-state index in [0.29, 0.717) is 0 Å². The third-order valence-corrected chi connectivity index (χ3v) is 4.30. The number of fused-ring (bicyclic) bond motifs is 1. The third-order valence-electron chi connectivity index (χ3n) is 4.30. The highest BCUT2D eigenvalue weighted by Gasteiger charge is 2.41. The Morgan fingerprint density at radius 3 is 2.94 bits per heavy atom. The molecule has 2 heteroatoms. The van der Waals surface area contributed by atoms with Gasteiger partial charge in [0.25, 0.3) is 0 Å². The zero-order valence-corrected chi connectivity index (χ0v) is 11.3. The minimum Gasteiger partial charge on any atom is -0.333 e. The molecule has 2 heterocycles. The van der Waals surface area contributed by atoms with Gasteiger partial charge < -0.3 is 4.90 Å². The van der Waals surface area contributed by atoms with Gasteiger partial charge in [-0.05, 0) is 39.0 Å². The monoisotopic (exact) mass is 235 g/mol. The van der Waals surface area contributed by atoms with Crippen LogP contribution in [0.5, 0.6) is 0 Å². The molecule has 0 radical (unpaired) electrons. The molecule has 2 nitrogen and oxygen atoms in total. The van der Waals surface area contributed by atoms with Crippen LogP contribution in [0, 0.1) is 0 Å². The van der Waals surface area contributed by atoms with Crippen molar-refractivity contribution in [2.45, 2.75) is 70.8 Å². The van der Waals surface area contributed by atoms with E-state index in [2.05, 4.69) is 18.7 Å². The lowest BCUT2D eigenvalue weighted by Crippen LogP contribution is -2.47. The summed E-state index contributed by atoms with van der Waals surface area (Å²) in [6.45, 7) is 5.47. The highest BCUT2D eigenvalue weighted by atomic mass is 16.2. The summed E-state index contributed by atoms with van der Waals surface area (Å²) in [5.41, 5.74) is 1.54. The molecule has 0 saturated carbocycles. The average molecular weight is 235 g/mol. The Hall–Kier alpha value is -0.790. The SMILES string of the molecule is CCCCCCC1=CC(=O)N2CCC[C@@]2(C)C1. The maximum absolute atomic E-state index is 12.0. The molecule has 2 rings (SSSR count). The molecule has 0 aromatic carbocycles. The van der Waals surface area contributed by atoms with Crippen LogP contribution in [0.15, 0.2) is 11.6 Å². The first kappa shape index (κ1) is 12.7. The lowest BCUT2D eigenvalue weighted by atomic mass is 9.85. The number of unbranched alkanes of at least 4 members (excludes halogenated alkanes) is 3. The van der Waals surface area contributed by atoms with Crippen molar-refractivity contribution in [3.8, 4) is 0 Å². The van der Waals surface area contributed by atoms with E-state index in [0.717, 1.165) is 19.4 Å². The fraction of sp³-hybridized carbons (Fsp3) is 0.800. The summed E-state index contributed by atoms with van der Waals surface area (Å²) in [4.78, 5) is 14.1. The average Bonchev–Trinajstić information content (AvgIpc) is 2.67. The van der Waals surface area contributed by atoms with Crippen molar-refractivity contribution in [3.63, 3.8) is 0 Å². The van der Waals surface area contributed by atoms with Crippen LogP contribution in [0.4, 0.5) is 0 Å². The van der Waals surface area contributed by atoms with Crippen LogP contribution in [0.1, 0.15) is 65.2 Å². The predicted molar refractivity (Wildman–Crippen MR) is 70.8 cm³/mol. The minimum absolute atomic E-state index is 0.145. The first-order valence-corrected chi connectivity index (χ1v) is 7.17. The Bertz CT molecular complexity index is 321. The molecule has 1 fully saturated rings. The van der Waals surface area contributed by atoms with Crippen molar-refractivity contribution in [2.75, 3.05) is 6.54 Å². The number of hydrogen-bond acceptors (Lipinski definition) is 1. The zero-order chi connectivity index (χ0) is 12.3. The zero-order valence-electron chi connectivity index (χ0n) is 11.3. The number of rotatable bonds is 5. The lowest BCUT2D eigenvalue weighted by molar-refractivity contribution is -0.130. The molecule has 0 aliphatic carbocycles. The number of carbonyl (C=O) groups excluding carboxylic acids is 1. The van der Waals surface area contributed by atoms with Gasteiger partial charge in [0, 0.05) is 18.2 Å². The quantitative estimate of drug-likeness (QED) is 0.666. The van der Waals surface area contributed by atoms with Crippen molar-refractivity contribution in [1.82, 2.24) is 4.90 Å². The molecular formula is C15H25NO. The van der Waals surface area contributed by atoms with E-state index in [-0.39, 0.29) is 11.4 Å². The van der Waals surface area contributed by atoms with E-state index >= 15 is 0 Å². The van der Waals surface area contributed by atoms with E-state index in [9.17, 15) is 4.79 Å². The molecule has 0 aromatic rings. The molecule has 96 valence electrons. The second-order valence-electron chi connectivity index (χ2n) is 5.88. The normalized spacial score (nSPS) is 28.2. The number of nitrogens with zero attached hydrogens (tertiary/aromatic N) is 1. The van der Waals surface area contributed by atoms with Crippen LogP contribution in [0.25, 0.3) is 0 Å². The fourth-order valence-electron chi connectivity index (χ4n) is 3.32. The summed E-state index contributed by atoms with van der Waals surface area (Å²) < 4.78 is 0. The molecular weight excluding hydrogens is 210 g/mol. The smallest absolute Gasteiger partial charge is 0.246 e. The topological polar surface area (TPSA) is 20.3 Å². The van der Waals surface area contributed by atoms with Crippen LogP contribution in [-0.4, -0.2) is 22.9 Å². The summed E-state index contributed by atoms with van der Waals surface area (Å²) in [6, 6.07) is 0. The lowest BCUT2D eigenvalue weighted by Gasteiger charge is -2.39. The molecule has 0 unspecified atom stereocenters. The first-order valence-electron chi connectivity index (χ1n) is 7.17. The van der Waals surface area contributed by atoms with Gasteiger partial charge in [-0.25, -0.2) is 0 Å². The Balaban J connectivity index is 1.91. The standard InChI is InChI=1S/C15H25NO/c1-3-4-5-6-8-13-11-14(17)16-10-7-9-15(16,2)12-13/h11H,3-10,12H2,1-2H3/t15-/m0/s1. The van der Waals surface area contributed by atoms with Crippen LogP contribution in [0.3, 0.4) is 0 Å². The Labute approximate surface area is 105 Å². The predicted octanol–water partition coefficient (Wildman–Crippen LogP) is 3.67. The van der Waals surface area contributed by atoms with Gasteiger partial charge in [-0.3, -0.25) is 4.79 Å². The second-order valence-corrected chi connectivity index (χ2v) is 5.88. The Kier molecular flexibility index (Phi) is 3.90. The van der Waals surface area contributed by atoms with E-state index < -0.39 is 0 Å². The summed E-state index contributed by atoms with van der Waals surface area (Å²) in [7, 11) is 0. The minimum atomic E-state index is 0.145. The van der Waals surface area contributed by atoms with Gasteiger partial charge in [-0.1, -0.05) is 31.8 Å². The molecule has 2 aliphatic heterocycles. The van der Waals surface area contributed by atoms with Crippen molar-refractivity contribution in [2.24, 2.45) is 0 Å². The molecule has 0 bridgehead atoms. The van der Waals surface area contributed by atoms with Crippen molar-refractivity contribution >= 4 is 5.91 Å².